The maximum absolute atomic E-state index is 13.7. The van der Waals surface area contributed by atoms with Crippen LogP contribution >= 0.6 is 12.2 Å². The van der Waals surface area contributed by atoms with Crippen molar-refractivity contribution in [3.05, 3.63) is 40.4 Å². The summed E-state index contributed by atoms with van der Waals surface area (Å²) in [6.07, 6.45) is -0.468. The Bertz CT molecular complexity index is 623. The molecule has 0 aliphatic carbocycles. The zero-order valence-corrected chi connectivity index (χ0v) is 10.3. The van der Waals surface area contributed by atoms with E-state index >= 15 is 0 Å². The highest BCUT2D eigenvalue weighted by Gasteiger charge is 2.18. The summed E-state index contributed by atoms with van der Waals surface area (Å²) in [5.74, 6) is -1.24. The van der Waals surface area contributed by atoms with E-state index in [0.29, 0.717) is 6.42 Å². The summed E-state index contributed by atoms with van der Waals surface area (Å²) < 4.78 is 28.0. The number of hydrogen-bond donors (Lipinski definition) is 2. The number of nitrogens with one attached hydrogen (secondary N) is 1. The van der Waals surface area contributed by atoms with Crippen LogP contribution in [0.15, 0.2) is 18.2 Å². The Balaban J connectivity index is 2.63. The van der Waals surface area contributed by atoms with Gasteiger partial charge in [0.1, 0.15) is 17.7 Å². The zero-order chi connectivity index (χ0) is 13.3. The van der Waals surface area contributed by atoms with Crippen molar-refractivity contribution in [3.8, 4) is 5.69 Å². The van der Waals surface area contributed by atoms with E-state index in [2.05, 4.69) is 10.2 Å². The highest BCUT2D eigenvalue weighted by atomic mass is 32.1. The summed E-state index contributed by atoms with van der Waals surface area (Å²) in [6.45, 7) is 1.76. The Hall–Kier alpha value is -1.60. The van der Waals surface area contributed by atoms with Gasteiger partial charge in [-0.2, -0.15) is 5.10 Å². The van der Waals surface area contributed by atoms with Gasteiger partial charge in [-0.15, -0.1) is 0 Å². The minimum Gasteiger partial charge on any atom is -0.385 e. The SMILES string of the molecule is CCC(O)c1n[nH]c(=S)n1-c1ccc(F)cc1F. The molecule has 2 rings (SSSR count). The van der Waals surface area contributed by atoms with E-state index in [1.165, 1.54) is 10.6 Å². The van der Waals surface area contributed by atoms with Crippen LogP contribution in [0.5, 0.6) is 0 Å². The van der Waals surface area contributed by atoms with E-state index in [4.69, 9.17) is 12.2 Å². The maximum Gasteiger partial charge on any atom is 0.200 e. The third-order valence-electron chi connectivity index (χ3n) is 2.53. The summed E-state index contributed by atoms with van der Waals surface area (Å²) >= 11 is 4.99. The predicted octanol–water partition coefficient (Wildman–Crippen LogP) is 2.65. The average Bonchev–Trinajstić information content (AvgIpc) is 2.70. The highest BCUT2D eigenvalue weighted by molar-refractivity contribution is 7.71. The van der Waals surface area contributed by atoms with Crippen molar-refractivity contribution in [3.63, 3.8) is 0 Å². The fourth-order valence-corrected chi connectivity index (χ4v) is 1.85. The van der Waals surface area contributed by atoms with Crippen molar-refractivity contribution in [1.29, 1.82) is 0 Å². The van der Waals surface area contributed by atoms with Crippen molar-refractivity contribution in [2.45, 2.75) is 19.4 Å². The Labute approximate surface area is 107 Å². The van der Waals surface area contributed by atoms with Crippen LogP contribution in [0, 0.1) is 16.4 Å². The van der Waals surface area contributed by atoms with Gasteiger partial charge in [-0.05, 0) is 30.8 Å². The number of halogens is 2. The standard InChI is InChI=1S/C11H11F2N3OS/c1-2-9(17)10-14-15-11(18)16(10)8-4-3-6(12)5-7(8)13/h3-5,9,17H,2H2,1H3,(H,15,18). The number of benzene rings is 1. The molecule has 0 saturated carbocycles. The van der Waals surface area contributed by atoms with Gasteiger partial charge in [-0.1, -0.05) is 6.92 Å². The topological polar surface area (TPSA) is 53.8 Å². The fourth-order valence-electron chi connectivity index (χ4n) is 1.61. The van der Waals surface area contributed by atoms with Crippen LogP contribution in [0.25, 0.3) is 5.69 Å². The molecule has 1 aromatic heterocycles. The molecule has 0 bridgehead atoms. The van der Waals surface area contributed by atoms with Gasteiger partial charge in [-0.25, -0.2) is 8.78 Å². The van der Waals surface area contributed by atoms with E-state index < -0.39 is 17.7 Å². The molecule has 1 unspecified atom stereocenters. The van der Waals surface area contributed by atoms with Crippen molar-refractivity contribution >= 4 is 12.2 Å². The molecule has 4 nitrogen and oxygen atoms in total. The lowest BCUT2D eigenvalue weighted by atomic mass is 10.2. The van der Waals surface area contributed by atoms with Gasteiger partial charge in [0.25, 0.3) is 0 Å². The molecular formula is C11H11F2N3OS. The molecule has 0 aliphatic rings. The van der Waals surface area contributed by atoms with Crippen LogP contribution in [0.2, 0.25) is 0 Å². The highest BCUT2D eigenvalue weighted by Crippen LogP contribution is 2.21. The third-order valence-corrected chi connectivity index (χ3v) is 2.81. The first kappa shape index (κ1) is 12.8. The van der Waals surface area contributed by atoms with Crippen LogP contribution in [0.1, 0.15) is 25.3 Å². The molecule has 1 atom stereocenters. The molecule has 18 heavy (non-hydrogen) atoms. The van der Waals surface area contributed by atoms with Crippen molar-refractivity contribution in [2.24, 2.45) is 0 Å². The molecule has 7 heteroatoms. The van der Waals surface area contributed by atoms with Crippen LogP contribution in [-0.2, 0) is 0 Å². The molecule has 0 radical (unpaired) electrons. The van der Waals surface area contributed by atoms with Crippen molar-refractivity contribution in [2.75, 3.05) is 0 Å². The maximum atomic E-state index is 13.7. The quantitative estimate of drug-likeness (QED) is 0.844. The average molecular weight is 271 g/mol. The second-order valence-corrected chi connectivity index (χ2v) is 4.13. The van der Waals surface area contributed by atoms with E-state index in [1.807, 2.05) is 0 Å². The number of aromatic amines is 1. The summed E-state index contributed by atoms with van der Waals surface area (Å²) in [4.78, 5) is 0. The number of nitrogens with zero attached hydrogens (tertiary/aromatic N) is 2. The molecule has 1 aromatic carbocycles. The Kier molecular flexibility index (Phi) is 3.53. The second kappa shape index (κ2) is 4.95. The molecule has 0 saturated heterocycles. The Morgan fingerprint density at radius 1 is 1.50 bits per heavy atom. The van der Waals surface area contributed by atoms with E-state index in [0.717, 1.165) is 12.1 Å². The van der Waals surface area contributed by atoms with Crippen molar-refractivity contribution in [1.82, 2.24) is 14.8 Å². The second-order valence-electron chi connectivity index (χ2n) is 3.74. The molecule has 1 heterocycles. The third kappa shape index (κ3) is 2.19. The lowest BCUT2D eigenvalue weighted by Gasteiger charge is -2.11. The molecule has 0 fully saturated rings. The van der Waals surface area contributed by atoms with Gasteiger partial charge >= 0.3 is 0 Å². The fraction of sp³-hybridized carbons (Fsp3) is 0.273. The van der Waals surface area contributed by atoms with Gasteiger partial charge in [0.05, 0.1) is 5.69 Å². The molecule has 2 N–H and O–H groups in total. The monoisotopic (exact) mass is 271 g/mol. The lowest BCUT2D eigenvalue weighted by molar-refractivity contribution is 0.161. The predicted molar refractivity (Wildman–Crippen MR) is 63.9 cm³/mol. The first-order valence-electron chi connectivity index (χ1n) is 5.35. The van der Waals surface area contributed by atoms with Gasteiger partial charge in [0.15, 0.2) is 10.6 Å². The molecule has 0 spiro atoms. The summed E-state index contributed by atoms with van der Waals surface area (Å²) in [7, 11) is 0. The number of hydrogen-bond acceptors (Lipinski definition) is 3. The number of aliphatic hydroxyl groups is 1. The largest absolute Gasteiger partial charge is 0.385 e. The van der Waals surface area contributed by atoms with Gasteiger partial charge in [0, 0.05) is 6.07 Å². The summed E-state index contributed by atoms with van der Waals surface area (Å²) in [6, 6.07) is 3.13. The number of aliphatic hydroxyl groups excluding tert-OH is 1. The first-order chi connectivity index (χ1) is 8.54. The molecule has 0 amide bonds. The minimum atomic E-state index is -0.873. The van der Waals surface area contributed by atoms with E-state index in [1.54, 1.807) is 6.92 Å². The van der Waals surface area contributed by atoms with Gasteiger partial charge in [-0.3, -0.25) is 9.67 Å². The number of H-pyrrole nitrogens is 1. The molecule has 96 valence electrons. The van der Waals surface area contributed by atoms with Crippen LogP contribution in [0.4, 0.5) is 8.78 Å². The first-order valence-corrected chi connectivity index (χ1v) is 5.76. The zero-order valence-electron chi connectivity index (χ0n) is 9.52. The molecular weight excluding hydrogens is 260 g/mol. The summed E-state index contributed by atoms with van der Waals surface area (Å²) in [5, 5.41) is 16.1. The minimum absolute atomic E-state index is 0.0534. The van der Waals surface area contributed by atoms with E-state index in [-0.39, 0.29) is 16.3 Å². The Morgan fingerprint density at radius 2 is 2.22 bits per heavy atom. The smallest absolute Gasteiger partial charge is 0.200 e. The number of aromatic nitrogens is 3. The van der Waals surface area contributed by atoms with Gasteiger partial charge < -0.3 is 5.11 Å². The number of rotatable bonds is 3. The van der Waals surface area contributed by atoms with Gasteiger partial charge in [0.2, 0.25) is 0 Å². The Morgan fingerprint density at radius 3 is 2.83 bits per heavy atom. The van der Waals surface area contributed by atoms with Crippen LogP contribution in [0.3, 0.4) is 0 Å². The summed E-state index contributed by atoms with van der Waals surface area (Å²) in [5.41, 5.74) is 0.0534. The van der Waals surface area contributed by atoms with Crippen molar-refractivity contribution < 1.29 is 13.9 Å². The molecule has 0 aliphatic heterocycles. The normalized spacial score (nSPS) is 12.7. The lowest BCUT2D eigenvalue weighted by Crippen LogP contribution is -2.08. The van der Waals surface area contributed by atoms with Crippen LogP contribution < -0.4 is 0 Å². The molecule has 2 aromatic rings. The van der Waals surface area contributed by atoms with E-state index in [9.17, 15) is 13.9 Å². The van der Waals surface area contributed by atoms with Crippen LogP contribution in [-0.4, -0.2) is 19.9 Å².